The predicted octanol–water partition coefficient (Wildman–Crippen LogP) is 2.93. The lowest BCUT2D eigenvalue weighted by Crippen LogP contribution is -2.50. The number of amides is 2. The monoisotopic (exact) mass is 576 g/mol. The number of fused-ring (bicyclic) bond motifs is 1. The number of nitrogens with zero attached hydrogens (tertiary/aromatic N) is 5. The van der Waals surface area contributed by atoms with Crippen molar-refractivity contribution >= 4 is 39.9 Å². The number of aromatic nitrogens is 3. The molecular formula is C30H36N6O4S. The maximum absolute atomic E-state index is 13.2. The smallest absolute Gasteiger partial charge is 0.255 e. The first-order valence-corrected chi connectivity index (χ1v) is 14.6. The first-order valence-electron chi connectivity index (χ1n) is 13.7. The van der Waals surface area contributed by atoms with Gasteiger partial charge in [0.05, 0.1) is 35.9 Å². The van der Waals surface area contributed by atoms with E-state index in [1.807, 2.05) is 74.6 Å². The molecule has 0 bridgehead atoms. The molecule has 3 N–H and O–H groups in total. The summed E-state index contributed by atoms with van der Waals surface area (Å²) in [5, 5.41) is 26.4. The van der Waals surface area contributed by atoms with Crippen LogP contribution in [0.4, 0.5) is 5.69 Å². The fourth-order valence-electron chi connectivity index (χ4n) is 5.32. The van der Waals surface area contributed by atoms with Crippen LogP contribution in [-0.2, 0) is 22.7 Å². The molecule has 5 rings (SSSR count). The van der Waals surface area contributed by atoms with Gasteiger partial charge in [0.1, 0.15) is 10.8 Å². The van der Waals surface area contributed by atoms with E-state index in [9.17, 15) is 19.8 Å². The first-order chi connectivity index (χ1) is 19.6. The summed E-state index contributed by atoms with van der Waals surface area (Å²) < 4.78 is 2.11. The summed E-state index contributed by atoms with van der Waals surface area (Å²) in [6, 6.07) is 13.8. The van der Waals surface area contributed by atoms with Gasteiger partial charge in [-0.15, -0.1) is 11.3 Å². The topological polar surface area (TPSA) is 124 Å². The third kappa shape index (κ3) is 6.12. The lowest BCUT2D eigenvalue weighted by atomic mass is 10.0. The first kappa shape index (κ1) is 28.7. The van der Waals surface area contributed by atoms with Crippen molar-refractivity contribution < 1.29 is 19.8 Å². The number of thiazole rings is 1. The Kier molecular flexibility index (Phi) is 8.39. The zero-order valence-electron chi connectivity index (χ0n) is 23.7. The molecule has 3 heterocycles. The number of carbonyl (C=O) groups excluding carboxylic acids is 2. The van der Waals surface area contributed by atoms with Crippen LogP contribution in [0.15, 0.2) is 47.8 Å². The van der Waals surface area contributed by atoms with Crippen LogP contribution >= 0.6 is 11.3 Å². The quantitative estimate of drug-likeness (QED) is 0.280. The van der Waals surface area contributed by atoms with Gasteiger partial charge in [0, 0.05) is 31.7 Å². The van der Waals surface area contributed by atoms with E-state index in [0.717, 1.165) is 52.2 Å². The van der Waals surface area contributed by atoms with Gasteiger partial charge in [-0.2, -0.15) is 0 Å². The van der Waals surface area contributed by atoms with Crippen molar-refractivity contribution in [1.82, 2.24) is 24.8 Å². The molecule has 1 fully saturated rings. The number of hydrogen-bond acceptors (Lipinski definition) is 8. The van der Waals surface area contributed by atoms with Gasteiger partial charge in [-0.1, -0.05) is 18.2 Å². The molecule has 1 aliphatic heterocycles. The van der Waals surface area contributed by atoms with Crippen molar-refractivity contribution in [2.45, 2.75) is 58.0 Å². The third-order valence-electron chi connectivity index (χ3n) is 7.56. The summed E-state index contributed by atoms with van der Waals surface area (Å²) >= 11 is 1.39. The van der Waals surface area contributed by atoms with Gasteiger partial charge in [-0.3, -0.25) is 9.59 Å². The number of nitrogens with one attached hydrogen (secondary N) is 1. The largest absolute Gasteiger partial charge is 0.380 e. The normalized spacial score (nSPS) is 16.6. The number of aryl methyl sites for hydroxylation is 2. The molecule has 3 atom stereocenters. The van der Waals surface area contributed by atoms with Crippen molar-refractivity contribution in [1.29, 1.82) is 0 Å². The number of likely N-dealkylation sites (tertiary alicyclic amines) is 1. The molecular weight excluding hydrogens is 540 g/mol. The molecule has 2 unspecified atom stereocenters. The minimum Gasteiger partial charge on any atom is -0.380 e. The molecule has 4 aromatic rings. The van der Waals surface area contributed by atoms with Gasteiger partial charge in [0.25, 0.3) is 11.8 Å². The fraction of sp³-hybridized carbons (Fsp3) is 0.400. The number of aliphatic hydroxyl groups excluding tert-OH is 2. The van der Waals surface area contributed by atoms with Crippen LogP contribution in [-0.4, -0.2) is 74.3 Å². The van der Waals surface area contributed by atoms with Gasteiger partial charge in [-0.05, 0) is 62.1 Å². The van der Waals surface area contributed by atoms with Crippen molar-refractivity contribution in [3.05, 3.63) is 75.5 Å². The minimum absolute atomic E-state index is 0.0773. The highest BCUT2D eigenvalue weighted by molar-refractivity contribution is 7.09. The summed E-state index contributed by atoms with van der Waals surface area (Å²) in [4.78, 5) is 38.7. The molecule has 0 aliphatic carbocycles. The Labute approximate surface area is 243 Å². The maximum atomic E-state index is 13.2. The summed E-state index contributed by atoms with van der Waals surface area (Å²) in [6.45, 7) is 5.08. The second-order valence-corrected chi connectivity index (χ2v) is 11.7. The number of anilines is 1. The van der Waals surface area contributed by atoms with Crippen molar-refractivity contribution in [3.63, 3.8) is 0 Å². The summed E-state index contributed by atoms with van der Waals surface area (Å²) in [5.41, 5.74) is 5.92. The number of hydrogen-bond donors (Lipinski definition) is 3. The van der Waals surface area contributed by atoms with E-state index in [4.69, 9.17) is 0 Å². The fourth-order valence-corrected chi connectivity index (χ4v) is 6.05. The Hall–Kier alpha value is -3.80. The molecule has 2 aromatic heterocycles. The van der Waals surface area contributed by atoms with E-state index in [-0.39, 0.29) is 12.6 Å². The molecule has 0 radical (unpaired) electrons. The Morgan fingerprint density at radius 3 is 2.71 bits per heavy atom. The zero-order chi connectivity index (χ0) is 29.3. The molecule has 216 valence electrons. The van der Waals surface area contributed by atoms with Crippen LogP contribution in [0.25, 0.3) is 11.0 Å². The van der Waals surface area contributed by atoms with Crippen molar-refractivity contribution in [2.24, 2.45) is 0 Å². The second-order valence-electron chi connectivity index (χ2n) is 10.8. The van der Waals surface area contributed by atoms with Crippen molar-refractivity contribution in [3.8, 4) is 0 Å². The van der Waals surface area contributed by atoms with E-state index in [1.165, 1.54) is 11.3 Å². The molecule has 0 saturated carbocycles. The van der Waals surface area contributed by atoms with Gasteiger partial charge < -0.3 is 29.9 Å². The lowest BCUT2D eigenvalue weighted by molar-refractivity contribution is -0.153. The molecule has 2 amide bonds. The molecule has 0 spiro atoms. The Morgan fingerprint density at radius 1 is 1.12 bits per heavy atom. The molecule has 41 heavy (non-hydrogen) atoms. The summed E-state index contributed by atoms with van der Waals surface area (Å²) in [6.07, 6.45) is -2.23. The van der Waals surface area contributed by atoms with Gasteiger partial charge >= 0.3 is 0 Å². The van der Waals surface area contributed by atoms with E-state index < -0.39 is 24.0 Å². The zero-order valence-corrected chi connectivity index (χ0v) is 24.6. The van der Waals surface area contributed by atoms with Crippen LogP contribution in [0.1, 0.15) is 46.5 Å². The number of benzene rings is 2. The number of aliphatic hydroxyl groups is 2. The predicted molar refractivity (Wildman–Crippen MR) is 159 cm³/mol. The van der Waals surface area contributed by atoms with Crippen molar-refractivity contribution in [2.75, 3.05) is 25.5 Å². The number of carbonyl (C=O) groups is 2. The third-order valence-corrected chi connectivity index (χ3v) is 8.45. The molecule has 10 nitrogen and oxygen atoms in total. The summed E-state index contributed by atoms with van der Waals surface area (Å²) in [5.74, 6) is -0.583. The second kappa shape index (κ2) is 12.0. The average molecular weight is 577 g/mol. The highest BCUT2D eigenvalue weighted by atomic mass is 32.1. The maximum Gasteiger partial charge on any atom is 0.255 e. The molecule has 1 saturated heterocycles. The van der Waals surface area contributed by atoms with Crippen LogP contribution in [0.3, 0.4) is 0 Å². The average Bonchev–Trinajstić information content (AvgIpc) is 3.70. The Balaban J connectivity index is 1.18. The molecule has 11 heteroatoms. The van der Waals surface area contributed by atoms with Crippen LogP contribution in [0, 0.1) is 13.8 Å². The van der Waals surface area contributed by atoms with E-state index >= 15 is 0 Å². The lowest BCUT2D eigenvalue weighted by Gasteiger charge is -2.29. The van der Waals surface area contributed by atoms with Crippen LogP contribution in [0.5, 0.6) is 0 Å². The minimum atomic E-state index is -1.89. The van der Waals surface area contributed by atoms with Gasteiger partial charge in [0.2, 0.25) is 0 Å². The van der Waals surface area contributed by atoms with E-state index in [1.54, 1.807) is 4.90 Å². The summed E-state index contributed by atoms with van der Waals surface area (Å²) in [7, 11) is 3.90. The standard InChI is InChI=1S/C30H36N6O4S/c1-18-10-11-23-25(13-18)36(19(2)32-23)16-21-17-41-26(33-21)15-31-29(39)27(37)28(38)30(40)35-12-6-9-24(35)20-7-5-8-22(14-20)34(3)4/h5,7-8,10-11,13-14,17,24,27-28,37-38H,6,9,12,15-16H2,1-4H3,(H,31,39)/t24?,27?,28-/m1/s1. The number of imidazole rings is 1. The van der Waals surface area contributed by atoms with Crippen LogP contribution < -0.4 is 10.2 Å². The number of rotatable bonds is 9. The molecule has 2 aromatic carbocycles. The molecule has 1 aliphatic rings. The highest BCUT2D eigenvalue weighted by Crippen LogP contribution is 2.34. The highest BCUT2D eigenvalue weighted by Gasteiger charge is 2.38. The Morgan fingerprint density at radius 2 is 1.93 bits per heavy atom. The van der Waals surface area contributed by atoms with Crippen LogP contribution in [0.2, 0.25) is 0 Å². The Bertz CT molecular complexity index is 1560. The van der Waals surface area contributed by atoms with Gasteiger partial charge in [-0.25, -0.2) is 9.97 Å². The van der Waals surface area contributed by atoms with Gasteiger partial charge in [0.15, 0.2) is 12.2 Å². The van der Waals surface area contributed by atoms with E-state index in [2.05, 4.69) is 25.9 Å². The SMILES string of the molecule is Cc1ccc2nc(C)n(Cc3csc(CNC(=O)C(O)[C@@H](O)C(=O)N4CCCC4c4cccc(N(C)C)c4)n3)c2c1. The van der Waals surface area contributed by atoms with E-state index in [0.29, 0.717) is 18.1 Å².